The molecule has 1 aliphatic carbocycles. The molecule has 0 aliphatic heterocycles. The molecule has 162 valence electrons. The molecule has 0 spiro atoms. The van der Waals surface area contributed by atoms with Crippen molar-refractivity contribution < 1.29 is 19.0 Å². The van der Waals surface area contributed by atoms with Gasteiger partial charge >= 0.3 is 0 Å². The minimum atomic E-state index is -0.109. The molecule has 1 fully saturated rings. The molecule has 3 aromatic rings. The molecular formula is C24H26N2O4S. The van der Waals surface area contributed by atoms with Crippen LogP contribution in [0.15, 0.2) is 47.8 Å². The number of hydrogen-bond donors (Lipinski definition) is 1. The van der Waals surface area contributed by atoms with Gasteiger partial charge in [0.25, 0.3) is 0 Å². The summed E-state index contributed by atoms with van der Waals surface area (Å²) in [6.07, 6.45) is 5.14. The Hall–Kier alpha value is -3.06. The van der Waals surface area contributed by atoms with Gasteiger partial charge < -0.3 is 19.5 Å². The summed E-state index contributed by atoms with van der Waals surface area (Å²) in [5, 5.41) is 5.68. The van der Waals surface area contributed by atoms with Gasteiger partial charge in [0, 0.05) is 22.7 Å². The molecule has 7 heteroatoms. The van der Waals surface area contributed by atoms with Crippen LogP contribution in [0, 0.1) is 0 Å². The monoisotopic (exact) mass is 438 g/mol. The van der Waals surface area contributed by atoms with Crippen molar-refractivity contribution in [2.75, 3.05) is 19.5 Å². The van der Waals surface area contributed by atoms with Gasteiger partial charge in [-0.25, -0.2) is 4.98 Å². The number of rotatable bonds is 8. The van der Waals surface area contributed by atoms with Gasteiger partial charge in [-0.1, -0.05) is 6.07 Å². The highest BCUT2D eigenvalue weighted by Gasteiger charge is 2.17. The average Bonchev–Trinajstić information content (AvgIpc) is 3.45. The fraction of sp³-hybridized carbons (Fsp3) is 0.333. The van der Waals surface area contributed by atoms with Gasteiger partial charge in [-0.3, -0.25) is 4.79 Å². The SMILES string of the molecule is COc1ccc(-c2nc(CC(=O)Nc3cccc(OC4CCCC4)c3)cs2)cc1OC. The summed E-state index contributed by atoms with van der Waals surface area (Å²) >= 11 is 1.50. The molecule has 0 saturated heterocycles. The predicted octanol–water partition coefficient (Wildman–Crippen LogP) is 5.33. The van der Waals surface area contributed by atoms with Gasteiger partial charge in [0.1, 0.15) is 10.8 Å². The van der Waals surface area contributed by atoms with Gasteiger partial charge in [0.05, 0.1) is 32.4 Å². The van der Waals surface area contributed by atoms with Crippen molar-refractivity contribution in [2.45, 2.75) is 38.2 Å². The molecule has 1 aromatic heterocycles. The van der Waals surface area contributed by atoms with E-state index in [-0.39, 0.29) is 18.4 Å². The molecule has 1 heterocycles. The largest absolute Gasteiger partial charge is 0.493 e. The second-order valence-corrected chi connectivity index (χ2v) is 8.35. The maximum absolute atomic E-state index is 12.5. The zero-order chi connectivity index (χ0) is 21.6. The first-order valence-corrected chi connectivity index (χ1v) is 11.3. The number of carbonyl (C=O) groups is 1. The van der Waals surface area contributed by atoms with Gasteiger partial charge in [-0.15, -0.1) is 11.3 Å². The number of nitrogens with zero attached hydrogens (tertiary/aromatic N) is 1. The van der Waals surface area contributed by atoms with Crippen molar-refractivity contribution in [3.05, 3.63) is 53.5 Å². The van der Waals surface area contributed by atoms with E-state index in [9.17, 15) is 4.79 Å². The van der Waals surface area contributed by atoms with Gasteiger partial charge in [-0.05, 0) is 56.0 Å². The number of nitrogens with one attached hydrogen (secondary N) is 1. The number of methoxy groups -OCH3 is 2. The third kappa shape index (κ3) is 5.35. The molecule has 6 nitrogen and oxygen atoms in total. The maximum atomic E-state index is 12.5. The number of carbonyl (C=O) groups excluding carboxylic acids is 1. The summed E-state index contributed by atoms with van der Waals surface area (Å²) in [6.45, 7) is 0. The third-order valence-corrected chi connectivity index (χ3v) is 6.19. The Bertz CT molecular complexity index is 1040. The summed E-state index contributed by atoms with van der Waals surface area (Å²) in [5.41, 5.74) is 2.38. The zero-order valence-corrected chi connectivity index (χ0v) is 18.5. The summed E-state index contributed by atoms with van der Waals surface area (Å²) in [7, 11) is 3.21. The smallest absolute Gasteiger partial charge is 0.230 e. The van der Waals surface area contributed by atoms with Gasteiger partial charge in [0.2, 0.25) is 5.91 Å². The van der Waals surface area contributed by atoms with Crippen LogP contribution in [0.2, 0.25) is 0 Å². The number of aromatic nitrogens is 1. The Labute approximate surface area is 186 Å². The number of thiazole rings is 1. The summed E-state index contributed by atoms with van der Waals surface area (Å²) in [4.78, 5) is 17.2. The van der Waals surface area contributed by atoms with E-state index >= 15 is 0 Å². The van der Waals surface area contributed by atoms with E-state index in [1.165, 1.54) is 24.2 Å². The van der Waals surface area contributed by atoms with E-state index in [2.05, 4.69) is 10.3 Å². The zero-order valence-electron chi connectivity index (χ0n) is 17.7. The van der Waals surface area contributed by atoms with E-state index in [1.54, 1.807) is 14.2 Å². The first-order chi connectivity index (χ1) is 15.1. The van der Waals surface area contributed by atoms with Gasteiger partial charge in [-0.2, -0.15) is 0 Å². The molecule has 0 radical (unpaired) electrons. The molecule has 1 amide bonds. The number of benzene rings is 2. The van der Waals surface area contributed by atoms with Crippen molar-refractivity contribution in [1.82, 2.24) is 4.98 Å². The number of hydrogen-bond acceptors (Lipinski definition) is 6. The van der Waals surface area contributed by atoms with Crippen LogP contribution >= 0.6 is 11.3 Å². The summed E-state index contributed by atoms with van der Waals surface area (Å²) < 4.78 is 16.7. The fourth-order valence-corrected chi connectivity index (χ4v) is 4.52. The van der Waals surface area contributed by atoms with E-state index in [1.807, 2.05) is 47.8 Å². The topological polar surface area (TPSA) is 69.7 Å². The Morgan fingerprint density at radius 2 is 1.90 bits per heavy atom. The van der Waals surface area contributed by atoms with E-state index < -0.39 is 0 Å². The second-order valence-electron chi connectivity index (χ2n) is 7.49. The minimum Gasteiger partial charge on any atom is -0.493 e. The van der Waals surface area contributed by atoms with Crippen LogP contribution in [0.4, 0.5) is 5.69 Å². The molecule has 31 heavy (non-hydrogen) atoms. The lowest BCUT2D eigenvalue weighted by atomic mass is 10.2. The standard InChI is InChI=1S/C24H26N2O4S/c1-28-21-11-10-16(12-22(21)29-2)24-26-18(15-31-24)14-23(27)25-17-6-5-9-20(13-17)30-19-7-3-4-8-19/h5-6,9-13,15,19H,3-4,7-8,14H2,1-2H3,(H,25,27). The lowest BCUT2D eigenvalue weighted by molar-refractivity contribution is -0.115. The Morgan fingerprint density at radius 1 is 1.10 bits per heavy atom. The molecule has 0 bridgehead atoms. The first kappa shape index (κ1) is 21.2. The molecular weight excluding hydrogens is 412 g/mol. The lowest BCUT2D eigenvalue weighted by Crippen LogP contribution is -2.15. The number of amides is 1. The Morgan fingerprint density at radius 3 is 2.68 bits per heavy atom. The summed E-state index contributed by atoms with van der Waals surface area (Å²) in [6, 6.07) is 13.3. The minimum absolute atomic E-state index is 0.109. The molecule has 1 N–H and O–H groups in total. The molecule has 4 rings (SSSR count). The lowest BCUT2D eigenvalue weighted by Gasteiger charge is -2.14. The first-order valence-electron chi connectivity index (χ1n) is 10.4. The van der Waals surface area contributed by atoms with Crippen LogP contribution in [0.3, 0.4) is 0 Å². The molecule has 0 unspecified atom stereocenters. The van der Waals surface area contributed by atoms with Crippen molar-refractivity contribution in [3.63, 3.8) is 0 Å². The highest BCUT2D eigenvalue weighted by atomic mass is 32.1. The number of anilines is 1. The van der Waals surface area contributed by atoms with Crippen LogP contribution in [0.25, 0.3) is 10.6 Å². The van der Waals surface area contributed by atoms with Crippen molar-refractivity contribution in [2.24, 2.45) is 0 Å². The van der Waals surface area contributed by atoms with E-state index in [4.69, 9.17) is 14.2 Å². The Kier molecular flexibility index (Phi) is 6.72. The van der Waals surface area contributed by atoms with Crippen molar-refractivity contribution >= 4 is 22.9 Å². The van der Waals surface area contributed by atoms with E-state index in [0.717, 1.165) is 40.5 Å². The average molecular weight is 439 g/mol. The van der Waals surface area contributed by atoms with Gasteiger partial charge in [0.15, 0.2) is 11.5 Å². The molecule has 2 aromatic carbocycles. The normalized spacial score (nSPS) is 13.7. The van der Waals surface area contributed by atoms with Crippen molar-refractivity contribution in [3.8, 4) is 27.8 Å². The van der Waals surface area contributed by atoms with Crippen LogP contribution in [-0.2, 0) is 11.2 Å². The highest BCUT2D eigenvalue weighted by molar-refractivity contribution is 7.13. The van der Waals surface area contributed by atoms with Crippen molar-refractivity contribution in [1.29, 1.82) is 0 Å². The fourth-order valence-electron chi connectivity index (χ4n) is 3.71. The van der Waals surface area contributed by atoms with Crippen LogP contribution in [0.5, 0.6) is 17.2 Å². The third-order valence-electron chi connectivity index (χ3n) is 5.25. The Balaban J connectivity index is 1.38. The predicted molar refractivity (Wildman–Crippen MR) is 122 cm³/mol. The molecule has 0 atom stereocenters. The van der Waals surface area contributed by atoms with Crippen LogP contribution in [0.1, 0.15) is 31.4 Å². The highest BCUT2D eigenvalue weighted by Crippen LogP contribution is 2.33. The second kappa shape index (κ2) is 9.83. The van der Waals surface area contributed by atoms with Crippen LogP contribution in [-0.4, -0.2) is 31.2 Å². The summed E-state index contributed by atoms with van der Waals surface area (Å²) in [5.74, 6) is 2.01. The number of ether oxygens (including phenoxy) is 3. The maximum Gasteiger partial charge on any atom is 0.230 e. The molecule has 1 saturated carbocycles. The van der Waals surface area contributed by atoms with E-state index in [0.29, 0.717) is 11.5 Å². The quantitative estimate of drug-likeness (QED) is 0.515. The molecule has 1 aliphatic rings. The van der Waals surface area contributed by atoms with Crippen LogP contribution < -0.4 is 19.5 Å².